The van der Waals surface area contributed by atoms with Gasteiger partial charge in [-0.1, -0.05) is 30.3 Å². The van der Waals surface area contributed by atoms with Crippen molar-refractivity contribution in [3.8, 4) is 0 Å². The van der Waals surface area contributed by atoms with Gasteiger partial charge in [0.25, 0.3) is 0 Å². The van der Waals surface area contributed by atoms with Gasteiger partial charge in [0.05, 0.1) is 0 Å². The van der Waals surface area contributed by atoms with Gasteiger partial charge in [0.2, 0.25) is 0 Å². The van der Waals surface area contributed by atoms with E-state index < -0.39 is 0 Å². The number of anilines is 1. The van der Waals surface area contributed by atoms with Crippen LogP contribution >= 0.6 is 12.6 Å². The third-order valence-corrected chi connectivity index (χ3v) is 2.76. The Labute approximate surface area is 126 Å². The van der Waals surface area contributed by atoms with Gasteiger partial charge in [0, 0.05) is 30.7 Å². The van der Waals surface area contributed by atoms with Crippen molar-refractivity contribution in [1.29, 1.82) is 0 Å². The highest BCUT2D eigenvalue weighted by atomic mass is 32.1. The van der Waals surface area contributed by atoms with Crippen LogP contribution in [0.1, 0.15) is 17.3 Å². The molecule has 0 aliphatic heterocycles. The average Bonchev–Trinajstić information content (AvgIpc) is 2.49. The van der Waals surface area contributed by atoms with E-state index in [4.69, 9.17) is 4.79 Å². The van der Waals surface area contributed by atoms with E-state index in [1.165, 1.54) is 0 Å². The maximum atomic E-state index is 11.5. The molecule has 0 spiro atoms. The number of benzene rings is 2. The SMILES string of the molecule is C=O.CC(=O)c1cccc2c(N(C)C)cccc12.CS. The van der Waals surface area contributed by atoms with Crippen molar-refractivity contribution in [2.24, 2.45) is 0 Å². The minimum absolute atomic E-state index is 0.113. The number of thiol groups is 1. The van der Waals surface area contributed by atoms with Crippen LogP contribution in [0.15, 0.2) is 36.4 Å². The van der Waals surface area contributed by atoms with Crippen LogP contribution < -0.4 is 4.90 Å². The Morgan fingerprint density at radius 3 is 2.00 bits per heavy atom. The molecule has 2 rings (SSSR count). The van der Waals surface area contributed by atoms with Crippen LogP contribution in [0.2, 0.25) is 0 Å². The zero-order valence-corrected chi connectivity index (χ0v) is 13.3. The van der Waals surface area contributed by atoms with Gasteiger partial charge in [0.1, 0.15) is 6.79 Å². The molecule has 3 nitrogen and oxygen atoms in total. The number of fused-ring (bicyclic) bond motifs is 1. The quantitative estimate of drug-likeness (QED) is 0.680. The highest BCUT2D eigenvalue weighted by Gasteiger charge is 2.08. The van der Waals surface area contributed by atoms with Gasteiger partial charge in [0.15, 0.2) is 5.78 Å². The third-order valence-electron chi connectivity index (χ3n) is 2.76. The summed E-state index contributed by atoms with van der Waals surface area (Å²) in [5, 5.41) is 2.15. The average molecular weight is 291 g/mol. The molecular weight excluding hydrogens is 270 g/mol. The van der Waals surface area contributed by atoms with E-state index in [0.717, 1.165) is 22.0 Å². The number of hydrogen-bond acceptors (Lipinski definition) is 4. The van der Waals surface area contributed by atoms with Crippen molar-refractivity contribution in [3.05, 3.63) is 42.0 Å². The molecular formula is C16H21NO2S. The Morgan fingerprint density at radius 1 is 1.00 bits per heavy atom. The summed E-state index contributed by atoms with van der Waals surface area (Å²) in [6.07, 6.45) is 1.69. The van der Waals surface area contributed by atoms with Crippen LogP contribution in [0.4, 0.5) is 5.69 Å². The summed E-state index contributed by atoms with van der Waals surface area (Å²) in [7, 11) is 4.02. The molecule has 4 heteroatoms. The smallest absolute Gasteiger partial charge is 0.160 e. The first kappa shape index (κ1) is 18.2. The fourth-order valence-corrected chi connectivity index (χ4v) is 1.99. The van der Waals surface area contributed by atoms with Gasteiger partial charge in [-0.15, -0.1) is 0 Å². The van der Waals surface area contributed by atoms with Gasteiger partial charge >= 0.3 is 0 Å². The van der Waals surface area contributed by atoms with Gasteiger partial charge in [-0.3, -0.25) is 4.79 Å². The lowest BCUT2D eigenvalue weighted by Gasteiger charge is -2.16. The molecule has 0 radical (unpaired) electrons. The largest absolute Gasteiger partial charge is 0.377 e. The minimum Gasteiger partial charge on any atom is -0.377 e. The maximum absolute atomic E-state index is 11.5. The Balaban J connectivity index is 0.000000829. The molecule has 0 heterocycles. The van der Waals surface area contributed by atoms with Gasteiger partial charge in [-0.05, 0) is 24.6 Å². The zero-order valence-electron chi connectivity index (χ0n) is 12.4. The standard InChI is InChI=1S/C14H15NO.CH2O.CH4S/c1-10(16)11-6-4-8-13-12(11)7-5-9-14(13)15(2)3;2*1-2/h4-9H,1-3H3;1H2;2H,1H3. The van der Waals surface area contributed by atoms with Crippen LogP contribution in [-0.4, -0.2) is 32.9 Å². The lowest BCUT2D eigenvalue weighted by molar-refractivity contribution is -0.0979. The molecule has 20 heavy (non-hydrogen) atoms. The van der Waals surface area contributed by atoms with Crippen molar-refractivity contribution in [2.45, 2.75) is 6.92 Å². The summed E-state index contributed by atoms with van der Waals surface area (Å²) in [5.41, 5.74) is 1.93. The zero-order chi connectivity index (χ0) is 15.7. The number of Topliss-reactive ketones (excluding diaryl/α,β-unsaturated/α-hetero) is 1. The van der Waals surface area contributed by atoms with E-state index in [1.807, 2.05) is 45.1 Å². The Bertz CT molecular complexity index is 567. The van der Waals surface area contributed by atoms with Crippen molar-refractivity contribution in [3.63, 3.8) is 0 Å². The number of ketones is 1. The van der Waals surface area contributed by atoms with Crippen molar-refractivity contribution in [1.82, 2.24) is 0 Å². The van der Waals surface area contributed by atoms with E-state index in [2.05, 4.69) is 29.7 Å². The normalized spacial score (nSPS) is 8.85. The first-order valence-corrected chi connectivity index (χ1v) is 6.94. The van der Waals surface area contributed by atoms with E-state index in [0.29, 0.717) is 0 Å². The van der Waals surface area contributed by atoms with E-state index in [9.17, 15) is 4.79 Å². The van der Waals surface area contributed by atoms with E-state index in [1.54, 1.807) is 13.2 Å². The molecule has 2 aromatic rings. The van der Waals surface area contributed by atoms with Crippen LogP contribution in [-0.2, 0) is 4.79 Å². The minimum atomic E-state index is 0.113. The second kappa shape index (κ2) is 9.15. The summed E-state index contributed by atoms with van der Waals surface area (Å²) in [5.74, 6) is 0.113. The van der Waals surface area contributed by atoms with E-state index in [-0.39, 0.29) is 5.78 Å². The number of carbonyl (C=O) groups is 2. The first-order chi connectivity index (χ1) is 9.61. The predicted octanol–water partition coefficient (Wildman–Crippen LogP) is 3.47. The summed E-state index contributed by atoms with van der Waals surface area (Å²) in [4.78, 5) is 21.6. The van der Waals surface area contributed by atoms with Gasteiger partial charge in [-0.25, -0.2) is 0 Å². The first-order valence-electron chi connectivity index (χ1n) is 6.05. The van der Waals surface area contributed by atoms with E-state index >= 15 is 0 Å². The van der Waals surface area contributed by atoms with Crippen LogP contribution in [0.3, 0.4) is 0 Å². The Hall–Kier alpha value is -1.81. The molecule has 0 atom stereocenters. The molecule has 108 valence electrons. The fourth-order valence-electron chi connectivity index (χ4n) is 1.99. The van der Waals surface area contributed by atoms with Gasteiger partial charge in [-0.2, -0.15) is 12.6 Å². The molecule has 0 bridgehead atoms. The molecule has 0 unspecified atom stereocenters. The molecule has 0 aromatic heterocycles. The van der Waals surface area contributed by atoms with Crippen molar-refractivity contribution < 1.29 is 9.59 Å². The molecule has 0 aliphatic carbocycles. The van der Waals surface area contributed by atoms with Gasteiger partial charge < -0.3 is 9.69 Å². The highest BCUT2D eigenvalue weighted by molar-refractivity contribution is 7.79. The number of rotatable bonds is 2. The van der Waals surface area contributed by atoms with Crippen molar-refractivity contribution >= 4 is 41.7 Å². The second-order valence-corrected chi connectivity index (χ2v) is 4.13. The summed E-state index contributed by atoms with van der Waals surface area (Å²) >= 11 is 3.53. The molecule has 0 fully saturated rings. The molecule has 0 amide bonds. The molecule has 0 saturated heterocycles. The summed E-state index contributed by atoms with van der Waals surface area (Å²) in [6, 6.07) is 11.9. The van der Waals surface area contributed by atoms with Crippen LogP contribution in [0.25, 0.3) is 10.8 Å². The Morgan fingerprint density at radius 2 is 1.50 bits per heavy atom. The maximum Gasteiger partial charge on any atom is 0.160 e. The number of hydrogen-bond donors (Lipinski definition) is 1. The number of nitrogens with zero attached hydrogens (tertiary/aromatic N) is 1. The second-order valence-electron chi connectivity index (χ2n) is 4.13. The molecule has 0 N–H and O–H groups in total. The predicted molar refractivity (Wildman–Crippen MR) is 90.3 cm³/mol. The lowest BCUT2D eigenvalue weighted by atomic mass is 10.0. The molecule has 0 saturated carbocycles. The molecule has 2 aromatic carbocycles. The van der Waals surface area contributed by atoms with Crippen molar-refractivity contribution in [2.75, 3.05) is 25.3 Å². The molecule has 0 aliphatic rings. The fraction of sp³-hybridized carbons (Fsp3) is 0.250. The van der Waals surface area contributed by atoms with Crippen LogP contribution in [0.5, 0.6) is 0 Å². The third kappa shape index (κ3) is 4.10. The summed E-state index contributed by atoms with van der Waals surface area (Å²) < 4.78 is 0. The summed E-state index contributed by atoms with van der Waals surface area (Å²) in [6.45, 7) is 3.61. The monoisotopic (exact) mass is 291 g/mol. The number of carbonyl (C=O) groups excluding carboxylic acids is 2. The lowest BCUT2D eigenvalue weighted by Crippen LogP contribution is -2.09. The topological polar surface area (TPSA) is 37.4 Å². The van der Waals surface area contributed by atoms with Crippen LogP contribution in [0, 0.1) is 0 Å². The Kier molecular flexibility index (Phi) is 8.32. The highest BCUT2D eigenvalue weighted by Crippen LogP contribution is 2.27.